The first kappa shape index (κ1) is 8.67. The van der Waals surface area contributed by atoms with Crippen LogP contribution in [-0.4, -0.2) is 11.6 Å². The van der Waals surface area contributed by atoms with Gasteiger partial charge < -0.3 is 0 Å². The molecular weight excluding hydrogens is 164 g/mol. The van der Waals surface area contributed by atoms with E-state index in [2.05, 4.69) is 12.2 Å². The lowest BCUT2D eigenvalue weighted by atomic mass is 9.79. The first-order valence-electron chi connectivity index (χ1n) is 4.80. The molecule has 0 N–H and O–H groups in total. The van der Waals surface area contributed by atoms with Crippen molar-refractivity contribution in [1.82, 2.24) is 0 Å². The molecule has 3 unspecified atom stereocenters. The third-order valence-electron chi connectivity index (χ3n) is 3.40. The normalized spacial score (nSPS) is 41.1. The smallest absolute Gasteiger partial charge is 0.134 e. The van der Waals surface area contributed by atoms with Crippen molar-refractivity contribution in [3.05, 3.63) is 12.2 Å². The fourth-order valence-corrected chi connectivity index (χ4v) is 2.93. The van der Waals surface area contributed by atoms with Crippen LogP contribution in [0.2, 0.25) is 0 Å². The summed E-state index contributed by atoms with van der Waals surface area (Å²) in [7, 11) is 0. The molecule has 0 aromatic rings. The van der Waals surface area contributed by atoms with E-state index in [4.69, 9.17) is 0 Å². The van der Waals surface area contributed by atoms with E-state index in [-0.39, 0.29) is 23.4 Å². The molecule has 4 atom stereocenters. The third kappa shape index (κ3) is 1.16. The summed E-state index contributed by atoms with van der Waals surface area (Å²) in [6, 6.07) is 0. The summed E-state index contributed by atoms with van der Waals surface area (Å²) < 4.78 is 0. The van der Waals surface area contributed by atoms with Crippen LogP contribution in [0.5, 0.6) is 0 Å². The quantitative estimate of drug-likeness (QED) is 0.602. The molecule has 2 bridgehead atoms. The Labute approximate surface area is 78.0 Å². The van der Waals surface area contributed by atoms with Gasteiger partial charge >= 0.3 is 0 Å². The second-order valence-corrected chi connectivity index (χ2v) is 4.22. The Morgan fingerprint density at radius 2 is 1.38 bits per heavy atom. The third-order valence-corrected chi connectivity index (χ3v) is 3.40. The average molecular weight is 178 g/mol. The van der Waals surface area contributed by atoms with Crippen LogP contribution in [0.3, 0.4) is 0 Å². The SMILES string of the molecule is CC(=O)C1C2C=CC(C2)[C@H]1C(C)=O. The van der Waals surface area contributed by atoms with Gasteiger partial charge in [0.05, 0.1) is 0 Å². The minimum absolute atomic E-state index is 0.0208. The summed E-state index contributed by atoms with van der Waals surface area (Å²) in [5, 5.41) is 0. The van der Waals surface area contributed by atoms with Crippen molar-refractivity contribution in [2.75, 3.05) is 0 Å². The first-order chi connectivity index (χ1) is 6.11. The number of ketones is 2. The van der Waals surface area contributed by atoms with Gasteiger partial charge in [-0.25, -0.2) is 0 Å². The van der Waals surface area contributed by atoms with Crippen LogP contribution >= 0.6 is 0 Å². The number of carbonyl (C=O) groups excluding carboxylic acids is 2. The minimum Gasteiger partial charge on any atom is -0.300 e. The fraction of sp³-hybridized carbons (Fsp3) is 0.636. The van der Waals surface area contributed by atoms with Gasteiger partial charge in [0.15, 0.2) is 0 Å². The highest BCUT2D eigenvalue weighted by molar-refractivity contribution is 5.89. The summed E-state index contributed by atoms with van der Waals surface area (Å²) in [5.74, 6) is 1.00. The van der Waals surface area contributed by atoms with Crippen molar-refractivity contribution in [3.8, 4) is 0 Å². The van der Waals surface area contributed by atoms with E-state index in [9.17, 15) is 9.59 Å². The monoisotopic (exact) mass is 178 g/mol. The maximum Gasteiger partial charge on any atom is 0.134 e. The van der Waals surface area contributed by atoms with Gasteiger partial charge in [0.2, 0.25) is 0 Å². The molecule has 2 aliphatic rings. The van der Waals surface area contributed by atoms with E-state index in [1.54, 1.807) is 13.8 Å². The van der Waals surface area contributed by atoms with Gasteiger partial charge in [-0.3, -0.25) is 9.59 Å². The van der Waals surface area contributed by atoms with E-state index in [1.807, 2.05) is 0 Å². The molecule has 2 aliphatic carbocycles. The maximum atomic E-state index is 11.4. The van der Waals surface area contributed by atoms with E-state index in [0.29, 0.717) is 11.8 Å². The Kier molecular flexibility index (Phi) is 1.86. The van der Waals surface area contributed by atoms with Crippen molar-refractivity contribution in [2.45, 2.75) is 20.3 Å². The summed E-state index contributed by atoms with van der Waals surface area (Å²) in [5.41, 5.74) is 0. The molecular formula is C11H14O2. The zero-order chi connectivity index (χ0) is 9.59. The summed E-state index contributed by atoms with van der Waals surface area (Å²) in [4.78, 5) is 22.7. The summed E-state index contributed by atoms with van der Waals surface area (Å²) in [6.45, 7) is 3.21. The van der Waals surface area contributed by atoms with Crippen molar-refractivity contribution in [1.29, 1.82) is 0 Å². The maximum absolute atomic E-state index is 11.4. The number of hydrogen-bond acceptors (Lipinski definition) is 2. The highest BCUT2D eigenvalue weighted by atomic mass is 16.1. The van der Waals surface area contributed by atoms with Gasteiger partial charge in [-0.1, -0.05) is 12.2 Å². The van der Waals surface area contributed by atoms with Crippen molar-refractivity contribution in [3.63, 3.8) is 0 Å². The Morgan fingerprint density at radius 1 is 1.00 bits per heavy atom. The molecule has 0 aromatic carbocycles. The molecule has 13 heavy (non-hydrogen) atoms. The molecule has 0 heterocycles. The molecule has 0 amide bonds. The van der Waals surface area contributed by atoms with Crippen LogP contribution in [-0.2, 0) is 9.59 Å². The Balaban J connectivity index is 2.30. The molecule has 0 spiro atoms. The molecule has 1 fully saturated rings. The largest absolute Gasteiger partial charge is 0.300 e. The van der Waals surface area contributed by atoms with Crippen LogP contribution in [0.1, 0.15) is 20.3 Å². The lowest BCUT2D eigenvalue weighted by molar-refractivity contribution is -0.130. The van der Waals surface area contributed by atoms with E-state index in [0.717, 1.165) is 6.42 Å². The Hall–Kier alpha value is -0.920. The van der Waals surface area contributed by atoms with Gasteiger partial charge in [0.1, 0.15) is 11.6 Å². The number of hydrogen-bond donors (Lipinski definition) is 0. The van der Waals surface area contributed by atoms with Gasteiger partial charge in [-0.2, -0.15) is 0 Å². The fourth-order valence-electron chi connectivity index (χ4n) is 2.93. The van der Waals surface area contributed by atoms with Crippen molar-refractivity contribution >= 4 is 11.6 Å². The first-order valence-corrected chi connectivity index (χ1v) is 4.80. The summed E-state index contributed by atoms with van der Waals surface area (Å²) >= 11 is 0. The van der Waals surface area contributed by atoms with Crippen LogP contribution in [0, 0.1) is 23.7 Å². The predicted octanol–water partition coefficient (Wildman–Crippen LogP) is 1.60. The highest BCUT2D eigenvalue weighted by Crippen LogP contribution is 2.48. The molecule has 0 radical (unpaired) electrons. The molecule has 0 aliphatic heterocycles. The molecule has 70 valence electrons. The van der Waals surface area contributed by atoms with Gasteiger partial charge in [0.25, 0.3) is 0 Å². The zero-order valence-electron chi connectivity index (χ0n) is 7.99. The van der Waals surface area contributed by atoms with Gasteiger partial charge in [-0.15, -0.1) is 0 Å². The van der Waals surface area contributed by atoms with Crippen LogP contribution < -0.4 is 0 Å². The molecule has 1 saturated carbocycles. The van der Waals surface area contributed by atoms with Crippen LogP contribution in [0.25, 0.3) is 0 Å². The van der Waals surface area contributed by atoms with E-state index < -0.39 is 0 Å². The number of Topliss-reactive ketones (excluding diaryl/α,β-unsaturated/α-hetero) is 2. The topological polar surface area (TPSA) is 34.1 Å². The number of allylic oxidation sites excluding steroid dienone is 2. The van der Waals surface area contributed by atoms with Crippen LogP contribution in [0.4, 0.5) is 0 Å². The van der Waals surface area contributed by atoms with Crippen LogP contribution in [0.15, 0.2) is 12.2 Å². The average Bonchev–Trinajstić information content (AvgIpc) is 2.60. The second-order valence-electron chi connectivity index (χ2n) is 4.22. The van der Waals surface area contributed by atoms with E-state index >= 15 is 0 Å². The minimum atomic E-state index is -0.0208. The van der Waals surface area contributed by atoms with Crippen molar-refractivity contribution in [2.24, 2.45) is 23.7 Å². The molecule has 0 saturated heterocycles. The lowest BCUT2D eigenvalue weighted by Gasteiger charge is -2.23. The lowest BCUT2D eigenvalue weighted by Crippen LogP contribution is -2.30. The zero-order valence-corrected chi connectivity index (χ0v) is 7.99. The standard InChI is InChI=1S/C11H14O2/c1-6(12)10-8-3-4-9(5-8)11(10)7(2)13/h3-4,8-11H,5H2,1-2H3/t8?,9?,10-,11?/m1/s1. The Morgan fingerprint density at radius 3 is 1.69 bits per heavy atom. The molecule has 2 nitrogen and oxygen atoms in total. The van der Waals surface area contributed by atoms with Gasteiger partial charge in [-0.05, 0) is 32.1 Å². The Bertz CT molecular complexity index is 262. The molecule has 0 aromatic heterocycles. The van der Waals surface area contributed by atoms with Crippen molar-refractivity contribution < 1.29 is 9.59 Å². The summed E-state index contributed by atoms with van der Waals surface area (Å²) in [6.07, 6.45) is 5.22. The van der Waals surface area contributed by atoms with Gasteiger partial charge in [0, 0.05) is 11.8 Å². The number of fused-ring (bicyclic) bond motifs is 2. The van der Waals surface area contributed by atoms with E-state index in [1.165, 1.54) is 0 Å². The number of rotatable bonds is 2. The highest BCUT2D eigenvalue weighted by Gasteiger charge is 2.48. The number of carbonyl (C=O) groups is 2. The second kappa shape index (κ2) is 2.79. The molecule has 2 heteroatoms. The predicted molar refractivity (Wildman–Crippen MR) is 49.1 cm³/mol. The molecule has 2 rings (SSSR count).